The molecule has 3 heterocycles. The fourth-order valence-corrected chi connectivity index (χ4v) is 5.46. The molecular formula is C27H35N5S. The molecule has 1 aromatic carbocycles. The number of rotatable bonds is 7. The highest BCUT2D eigenvalue weighted by atomic mass is 32.1. The van der Waals surface area contributed by atoms with Gasteiger partial charge in [0.15, 0.2) is 5.11 Å². The minimum absolute atomic E-state index is 0.0185. The van der Waals surface area contributed by atoms with Crippen molar-refractivity contribution in [3.63, 3.8) is 0 Å². The molecule has 6 heteroatoms. The highest BCUT2D eigenvalue weighted by Crippen LogP contribution is 2.41. The lowest BCUT2D eigenvalue weighted by atomic mass is 9.96. The summed E-state index contributed by atoms with van der Waals surface area (Å²) in [6.07, 6.45) is 2.92. The monoisotopic (exact) mass is 461 g/mol. The number of thiocarbonyl (C=S) groups is 1. The molecule has 4 rings (SSSR count). The predicted octanol–water partition coefficient (Wildman–Crippen LogP) is 5.03. The number of para-hydroxylation sites is 1. The zero-order chi connectivity index (χ0) is 23.7. The molecule has 1 N–H and O–H groups in total. The summed E-state index contributed by atoms with van der Waals surface area (Å²) in [5.74, 6) is 0. The first-order valence-electron chi connectivity index (χ1n) is 11.7. The first kappa shape index (κ1) is 23.5. The Labute approximate surface area is 203 Å². The van der Waals surface area contributed by atoms with Crippen molar-refractivity contribution in [3.05, 3.63) is 82.4 Å². The van der Waals surface area contributed by atoms with Crippen LogP contribution in [-0.2, 0) is 0 Å². The summed E-state index contributed by atoms with van der Waals surface area (Å²) in [5.41, 5.74) is 8.69. The second kappa shape index (κ2) is 9.65. The molecule has 1 fully saturated rings. The number of pyridine rings is 1. The zero-order valence-electron chi connectivity index (χ0n) is 20.6. The summed E-state index contributed by atoms with van der Waals surface area (Å²) in [4.78, 5) is 9.29. The molecule has 0 saturated carbocycles. The van der Waals surface area contributed by atoms with Gasteiger partial charge in [-0.1, -0.05) is 24.3 Å². The molecule has 3 aromatic rings. The molecule has 0 amide bonds. The number of benzene rings is 1. The smallest absolute Gasteiger partial charge is 0.170 e. The maximum Gasteiger partial charge on any atom is 0.170 e. The Kier molecular flexibility index (Phi) is 6.86. The van der Waals surface area contributed by atoms with Crippen molar-refractivity contribution in [1.29, 1.82) is 0 Å². The minimum Gasteiger partial charge on any atom is -0.352 e. The van der Waals surface area contributed by atoms with Crippen LogP contribution in [0.15, 0.2) is 48.7 Å². The van der Waals surface area contributed by atoms with E-state index in [1.165, 1.54) is 33.8 Å². The predicted molar refractivity (Wildman–Crippen MR) is 140 cm³/mol. The third-order valence-corrected chi connectivity index (χ3v) is 7.01. The van der Waals surface area contributed by atoms with Crippen LogP contribution in [0.1, 0.15) is 52.3 Å². The van der Waals surface area contributed by atoms with Gasteiger partial charge >= 0.3 is 0 Å². The third kappa shape index (κ3) is 4.55. The molecule has 2 atom stereocenters. The van der Waals surface area contributed by atoms with Crippen molar-refractivity contribution >= 4 is 17.3 Å². The number of hydrogen-bond donors (Lipinski definition) is 1. The van der Waals surface area contributed by atoms with Crippen LogP contribution in [0, 0.1) is 27.7 Å². The zero-order valence-corrected chi connectivity index (χ0v) is 21.4. The summed E-state index contributed by atoms with van der Waals surface area (Å²) in [6.45, 7) is 10.8. The molecule has 0 bridgehead atoms. The second-order valence-electron chi connectivity index (χ2n) is 9.38. The highest BCUT2D eigenvalue weighted by Gasteiger charge is 2.41. The molecular weight excluding hydrogens is 426 g/mol. The van der Waals surface area contributed by atoms with Crippen molar-refractivity contribution < 1.29 is 0 Å². The molecule has 0 radical (unpaired) electrons. The quantitative estimate of drug-likeness (QED) is 0.500. The van der Waals surface area contributed by atoms with Gasteiger partial charge in [-0.2, -0.15) is 0 Å². The van der Waals surface area contributed by atoms with E-state index in [0.29, 0.717) is 0 Å². The molecule has 5 nitrogen and oxygen atoms in total. The molecule has 1 saturated heterocycles. The summed E-state index contributed by atoms with van der Waals surface area (Å²) in [5, 5.41) is 4.41. The molecule has 1 aliphatic heterocycles. The van der Waals surface area contributed by atoms with Crippen LogP contribution in [0.2, 0.25) is 0 Å². The van der Waals surface area contributed by atoms with Gasteiger partial charge in [0.25, 0.3) is 0 Å². The van der Waals surface area contributed by atoms with Crippen molar-refractivity contribution in [2.75, 3.05) is 27.2 Å². The van der Waals surface area contributed by atoms with Gasteiger partial charge in [-0.15, -0.1) is 0 Å². The Morgan fingerprint density at radius 1 is 1.03 bits per heavy atom. The number of nitrogens with zero attached hydrogens (tertiary/aromatic N) is 4. The van der Waals surface area contributed by atoms with Gasteiger partial charge in [0, 0.05) is 24.1 Å². The largest absolute Gasteiger partial charge is 0.352 e. The number of hydrogen-bond acceptors (Lipinski definition) is 3. The number of aryl methyl sites for hydroxylation is 3. The molecule has 1 aliphatic rings. The standard InChI is InChI=1S/C27H35N5S/c1-18-11-9-12-19(2)25(18)32-20(3)17-22(21(32)4)26-24(23-13-7-8-14-28-23)29-27(33)31(26)16-10-15-30(5)6/h7-9,11-14,17,24,26H,10,15-16H2,1-6H3,(H,29,33)/t24-,26+/m0/s1. The van der Waals surface area contributed by atoms with Crippen LogP contribution in [0.4, 0.5) is 0 Å². The molecule has 0 aliphatic carbocycles. The average molecular weight is 462 g/mol. The van der Waals surface area contributed by atoms with E-state index in [-0.39, 0.29) is 12.1 Å². The van der Waals surface area contributed by atoms with Crippen LogP contribution >= 0.6 is 12.2 Å². The van der Waals surface area contributed by atoms with Gasteiger partial charge < -0.3 is 19.7 Å². The SMILES string of the molecule is Cc1cccc(C)c1-n1c(C)cc([C@@H]2[C@H](c3ccccn3)NC(=S)N2CCCN(C)C)c1C. The lowest BCUT2D eigenvalue weighted by Crippen LogP contribution is -2.32. The van der Waals surface area contributed by atoms with Gasteiger partial charge in [0.1, 0.15) is 0 Å². The normalized spacial score (nSPS) is 18.3. The van der Waals surface area contributed by atoms with E-state index in [1.807, 2.05) is 12.3 Å². The lowest BCUT2D eigenvalue weighted by Gasteiger charge is -2.28. The Morgan fingerprint density at radius 3 is 2.39 bits per heavy atom. The van der Waals surface area contributed by atoms with Gasteiger partial charge in [-0.25, -0.2) is 0 Å². The lowest BCUT2D eigenvalue weighted by molar-refractivity contribution is 0.292. The molecule has 33 heavy (non-hydrogen) atoms. The summed E-state index contributed by atoms with van der Waals surface area (Å²) >= 11 is 5.86. The van der Waals surface area contributed by atoms with Gasteiger partial charge in [0.05, 0.1) is 23.5 Å². The van der Waals surface area contributed by atoms with Crippen LogP contribution in [0.3, 0.4) is 0 Å². The molecule has 174 valence electrons. The fraction of sp³-hybridized carbons (Fsp3) is 0.407. The van der Waals surface area contributed by atoms with Crippen molar-refractivity contribution in [2.24, 2.45) is 0 Å². The van der Waals surface area contributed by atoms with Crippen LogP contribution in [0.25, 0.3) is 5.69 Å². The number of aromatic nitrogens is 2. The molecule has 2 aromatic heterocycles. The van der Waals surface area contributed by atoms with Gasteiger partial charge in [0.2, 0.25) is 0 Å². The van der Waals surface area contributed by atoms with Crippen LogP contribution in [0.5, 0.6) is 0 Å². The van der Waals surface area contributed by atoms with E-state index in [1.54, 1.807) is 0 Å². The average Bonchev–Trinajstić information content (AvgIpc) is 3.25. The van der Waals surface area contributed by atoms with E-state index in [9.17, 15) is 0 Å². The Balaban J connectivity index is 1.81. The van der Waals surface area contributed by atoms with Crippen LogP contribution in [-0.4, -0.2) is 51.6 Å². The Morgan fingerprint density at radius 2 is 1.76 bits per heavy atom. The van der Waals surface area contributed by atoms with E-state index >= 15 is 0 Å². The van der Waals surface area contributed by atoms with Crippen molar-refractivity contribution in [1.82, 2.24) is 24.7 Å². The second-order valence-corrected chi connectivity index (χ2v) is 9.77. The maximum atomic E-state index is 5.86. The molecule has 0 unspecified atom stereocenters. The Hall–Kier alpha value is -2.70. The van der Waals surface area contributed by atoms with E-state index in [4.69, 9.17) is 17.2 Å². The first-order valence-corrected chi connectivity index (χ1v) is 12.1. The molecule has 0 spiro atoms. The number of nitrogens with one attached hydrogen (secondary N) is 1. The first-order chi connectivity index (χ1) is 15.8. The van der Waals surface area contributed by atoms with E-state index < -0.39 is 0 Å². The van der Waals surface area contributed by atoms with E-state index in [2.05, 4.69) is 97.9 Å². The van der Waals surface area contributed by atoms with Crippen LogP contribution < -0.4 is 5.32 Å². The third-order valence-electron chi connectivity index (χ3n) is 6.65. The topological polar surface area (TPSA) is 36.3 Å². The van der Waals surface area contributed by atoms with E-state index in [0.717, 1.165) is 30.3 Å². The highest BCUT2D eigenvalue weighted by molar-refractivity contribution is 7.80. The van der Waals surface area contributed by atoms with Gasteiger partial charge in [-0.05, 0) is 102 Å². The summed E-state index contributed by atoms with van der Waals surface area (Å²) in [7, 11) is 4.24. The van der Waals surface area contributed by atoms with Crippen molar-refractivity contribution in [2.45, 2.75) is 46.2 Å². The summed E-state index contributed by atoms with van der Waals surface area (Å²) < 4.78 is 2.41. The fourth-order valence-electron chi connectivity index (χ4n) is 5.13. The van der Waals surface area contributed by atoms with Crippen molar-refractivity contribution in [3.8, 4) is 5.69 Å². The Bertz CT molecular complexity index is 1110. The maximum absolute atomic E-state index is 5.86. The van der Waals surface area contributed by atoms with Gasteiger partial charge in [-0.3, -0.25) is 4.98 Å². The minimum atomic E-state index is 0.0185. The summed E-state index contributed by atoms with van der Waals surface area (Å²) in [6, 6.07) is 15.1.